The van der Waals surface area contributed by atoms with Gasteiger partial charge in [0.05, 0.1) is 4.90 Å². The number of hydrogen-bond donors (Lipinski definition) is 2. The molecule has 5 rings (SSSR count). The Morgan fingerprint density at radius 1 is 1.00 bits per heavy atom. The van der Waals surface area contributed by atoms with E-state index >= 15 is 0 Å². The molecule has 0 saturated heterocycles. The van der Waals surface area contributed by atoms with Gasteiger partial charge in [-0.2, -0.15) is 0 Å². The lowest BCUT2D eigenvalue weighted by Gasteiger charge is -2.27. The molecule has 32 heavy (non-hydrogen) atoms. The molecule has 0 bridgehead atoms. The van der Waals surface area contributed by atoms with E-state index in [2.05, 4.69) is 15.8 Å². The SMILES string of the molecule is Cc1cccc(NS(=O)(=O)c2cccc(C(=O)N3CCc4[nH]c5ccccc5c4C3)c2)c1. The van der Waals surface area contributed by atoms with Crippen molar-refractivity contribution in [2.45, 2.75) is 24.8 Å². The van der Waals surface area contributed by atoms with Gasteiger partial charge in [0.25, 0.3) is 15.9 Å². The molecular formula is C25H23N3O3S. The third-order valence-corrected chi connectivity index (χ3v) is 7.21. The number of nitrogens with one attached hydrogen (secondary N) is 2. The van der Waals surface area contributed by atoms with Crippen molar-refractivity contribution in [2.24, 2.45) is 0 Å². The molecule has 2 heterocycles. The van der Waals surface area contributed by atoms with E-state index in [9.17, 15) is 13.2 Å². The number of rotatable bonds is 4. The minimum Gasteiger partial charge on any atom is -0.358 e. The summed E-state index contributed by atoms with van der Waals surface area (Å²) in [6.07, 6.45) is 0.739. The van der Waals surface area contributed by atoms with Crippen LogP contribution < -0.4 is 4.72 Å². The second-order valence-electron chi connectivity index (χ2n) is 8.11. The maximum Gasteiger partial charge on any atom is 0.261 e. The van der Waals surface area contributed by atoms with Crippen LogP contribution in [0.25, 0.3) is 10.9 Å². The van der Waals surface area contributed by atoms with Gasteiger partial charge in [0.1, 0.15) is 0 Å². The molecule has 7 heteroatoms. The van der Waals surface area contributed by atoms with Crippen LogP contribution in [0, 0.1) is 6.92 Å². The molecule has 4 aromatic rings. The van der Waals surface area contributed by atoms with Crippen molar-refractivity contribution in [3.8, 4) is 0 Å². The van der Waals surface area contributed by atoms with Crippen molar-refractivity contribution in [2.75, 3.05) is 11.3 Å². The van der Waals surface area contributed by atoms with E-state index in [-0.39, 0.29) is 10.8 Å². The van der Waals surface area contributed by atoms with Crippen molar-refractivity contribution in [3.63, 3.8) is 0 Å². The lowest BCUT2D eigenvalue weighted by atomic mass is 10.0. The second-order valence-corrected chi connectivity index (χ2v) is 9.79. The van der Waals surface area contributed by atoms with Crippen molar-refractivity contribution < 1.29 is 13.2 Å². The lowest BCUT2D eigenvalue weighted by Crippen LogP contribution is -2.35. The first-order valence-electron chi connectivity index (χ1n) is 10.5. The zero-order valence-corrected chi connectivity index (χ0v) is 18.4. The summed E-state index contributed by atoms with van der Waals surface area (Å²) >= 11 is 0. The molecule has 1 aliphatic heterocycles. The van der Waals surface area contributed by atoms with Crippen LogP contribution in [0.2, 0.25) is 0 Å². The Balaban J connectivity index is 1.40. The Morgan fingerprint density at radius 3 is 2.66 bits per heavy atom. The van der Waals surface area contributed by atoms with Gasteiger partial charge >= 0.3 is 0 Å². The van der Waals surface area contributed by atoms with Gasteiger partial charge in [-0.1, -0.05) is 36.4 Å². The first-order chi connectivity index (χ1) is 15.4. The van der Waals surface area contributed by atoms with E-state index in [1.165, 1.54) is 12.1 Å². The molecule has 0 radical (unpaired) electrons. The summed E-state index contributed by atoms with van der Waals surface area (Å²) in [5.41, 5.74) is 5.17. The number of sulfonamides is 1. The van der Waals surface area contributed by atoms with Gasteiger partial charge in [-0.05, 0) is 48.9 Å². The number of H-pyrrole nitrogens is 1. The number of carbonyl (C=O) groups is 1. The Morgan fingerprint density at radius 2 is 1.81 bits per heavy atom. The minimum absolute atomic E-state index is 0.0645. The standard InChI is InChI=1S/C25H23N3O3S/c1-17-6-4-8-19(14-17)27-32(30,31)20-9-5-7-18(15-20)25(29)28-13-12-24-22(16-28)21-10-2-3-11-23(21)26-24/h2-11,14-15,26-27H,12-13,16H2,1H3. The van der Waals surface area contributed by atoms with Crippen LogP contribution in [0.3, 0.4) is 0 Å². The summed E-state index contributed by atoms with van der Waals surface area (Å²) in [7, 11) is -3.81. The normalized spacial score (nSPS) is 13.7. The largest absolute Gasteiger partial charge is 0.358 e. The number of fused-ring (bicyclic) bond motifs is 3. The fourth-order valence-corrected chi connectivity index (χ4v) is 5.34. The molecule has 0 spiro atoms. The highest BCUT2D eigenvalue weighted by molar-refractivity contribution is 7.92. The molecule has 0 aliphatic carbocycles. The number of aromatic amines is 1. The molecule has 1 aliphatic rings. The minimum atomic E-state index is -3.81. The summed E-state index contributed by atoms with van der Waals surface area (Å²) in [6, 6.07) is 21.5. The van der Waals surface area contributed by atoms with Crippen LogP contribution in [-0.2, 0) is 23.0 Å². The highest BCUT2D eigenvalue weighted by atomic mass is 32.2. The predicted octanol–water partition coefficient (Wildman–Crippen LogP) is 4.48. The first-order valence-corrected chi connectivity index (χ1v) is 12.0. The van der Waals surface area contributed by atoms with Crippen LogP contribution in [0.1, 0.15) is 27.2 Å². The first kappa shape index (κ1) is 20.3. The molecule has 1 amide bonds. The Kier molecular flexibility index (Phi) is 4.98. The third-order valence-electron chi connectivity index (χ3n) is 5.83. The Labute approximate surface area is 186 Å². The average molecular weight is 446 g/mol. The lowest BCUT2D eigenvalue weighted by molar-refractivity contribution is 0.0735. The van der Waals surface area contributed by atoms with Crippen molar-refractivity contribution in [3.05, 3.63) is 95.2 Å². The van der Waals surface area contributed by atoms with Gasteiger partial charge in [0, 0.05) is 52.9 Å². The van der Waals surface area contributed by atoms with E-state index in [1.54, 1.807) is 35.2 Å². The highest BCUT2D eigenvalue weighted by Crippen LogP contribution is 2.28. The molecule has 0 unspecified atom stereocenters. The monoisotopic (exact) mass is 445 g/mol. The molecule has 0 atom stereocenters. The predicted molar refractivity (Wildman–Crippen MR) is 125 cm³/mol. The van der Waals surface area contributed by atoms with Crippen LogP contribution in [0.15, 0.2) is 77.7 Å². The maximum absolute atomic E-state index is 13.3. The van der Waals surface area contributed by atoms with Crippen LogP contribution >= 0.6 is 0 Å². The zero-order chi connectivity index (χ0) is 22.3. The van der Waals surface area contributed by atoms with Crippen LogP contribution in [0.4, 0.5) is 5.69 Å². The van der Waals surface area contributed by atoms with E-state index < -0.39 is 10.0 Å². The summed E-state index contributed by atoms with van der Waals surface area (Å²) in [5, 5.41) is 1.12. The summed E-state index contributed by atoms with van der Waals surface area (Å²) in [5.74, 6) is -0.173. The van der Waals surface area contributed by atoms with Gasteiger partial charge in [-0.3, -0.25) is 9.52 Å². The zero-order valence-electron chi connectivity index (χ0n) is 17.6. The van der Waals surface area contributed by atoms with Crippen molar-refractivity contribution in [1.29, 1.82) is 0 Å². The van der Waals surface area contributed by atoms with Crippen molar-refractivity contribution >= 4 is 32.5 Å². The fraction of sp³-hybridized carbons (Fsp3) is 0.160. The van der Waals surface area contributed by atoms with Gasteiger partial charge < -0.3 is 9.88 Å². The third kappa shape index (κ3) is 3.76. The molecule has 3 aromatic carbocycles. The topological polar surface area (TPSA) is 82.3 Å². The maximum atomic E-state index is 13.3. The molecule has 0 saturated carbocycles. The fourth-order valence-electron chi connectivity index (χ4n) is 4.24. The number of nitrogens with zero attached hydrogens (tertiary/aromatic N) is 1. The molecule has 0 fully saturated rings. The molecule has 2 N–H and O–H groups in total. The number of aryl methyl sites for hydroxylation is 1. The number of para-hydroxylation sites is 1. The van der Waals surface area contributed by atoms with Gasteiger partial charge in [0.2, 0.25) is 0 Å². The number of hydrogen-bond acceptors (Lipinski definition) is 3. The average Bonchev–Trinajstić information content (AvgIpc) is 3.16. The smallest absolute Gasteiger partial charge is 0.261 e. The van der Waals surface area contributed by atoms with Gasteiger partial charge in [0.15, 0.2) is 0 Å². The summed E-state index contributed by atoms with van der Waals surface area (Å²) in [6.45, 7) is 2.97. The molecule has 6 nitrogen and oxygen atoms in total. The van der Waals surface area contributed by atoms with E-state index in [0.717, 1.165) is 34.1 Å². The highest BCUT2D eigenvalue weighted by Gasteiger charge is 2.25. The van der Waals surface area contributed by atoms with E-state index in [0.29, 0.717) is 24.3 Å². The molecular weight excluding hydrogens is 422 g/mol. The van der Waals surface area contributed by atoms with Crippen LogP contribution in [0.5, 0.6) is 0 Å². The number of amides is 1. The van der Waals surface area contributed by atoms with E-state index in [4.69, 9.17) is 0 Å². The molecule has 162 valence electrons. The number of benzene rings is 3. The summed E-state index contributed by atoms with van der Waals surface area (Å²) in [4.78, 5) is 18.5. The van der Waals surface area contributed by atoms with Gasteiger partial charge in [-0.15, -0.1) is 0 Å². The Bertz CT molecular complexity index is 1440. The summed E-state index contributed by atoms with van der Waals surface area (Å²) < 4.78 is 28.4. The molecule has 1 aromatic heterocycles. The van der Waals surface area contributed by atoms with Gasteiger partial charge in [-0.25, -0.2) is 8.42 Å². The number of anilines is 1. The van der Waals surface area contributed by atoms with E-state index in [1.807, 2.05) is 31.2 Å². The second kappa shape index (κ2) is 7.84. The quantitative estimate of drug-likeness (QED) is 0.486. The Hall–Kier alpha value is -3.58. The van der Waals surface area contributed by atoms with Crippen molar-refractivity contribution in [1.82, 2.24) is 9.88 Å². The van der Waals surface area contributed by atoms with Crippen LogP contribution in [-0.4, -0.2) is 30.8 Å². The number of carbonyl (C=O) groups excluding carboxylic acids is 1. The number of aromatic nitrogens is 1.